The summed E-state index contributed by atoms with van der Waals surface area (Å²) in [6.07, 6.45) is 11.0. The van der Waals surface area contributed by atoms with Crippen molar-refractivity contribution in [1.29, 1.82) is 0 Å². The maximum Gasteiger partial charge on any atom is 1.00 e. The number of hydrogen-bond donors (Lipinski definition) is 0. The molecule has 6 nitrogen and oxygen atoms in total. The monoisotopic (exact) mass is 236 g/mol. The van der Waals surface area contributed by atoms with Crippen molar-refractivity contribution < 1.29 is 29.6 Å². The summed E-state index contributed by atoms with van der Waals surface area (Å²) in [7, 11) is -1.12. The third-order valence-electron chi connectivity index (χ3n) is 2.55. The molecule has 0 N–H and O–H groups in total. The average Bonchev–Trinajstić information content (AvgIpc) is 3.02. The SMILES string of the molecule is [Na+].c1cnn([BH-](n2cccn2)n2cccn2)c1. The van der Waals surface area contributed by atoms with Crippen LogP contribution < -0.4 is 29.6 Å². The van der Waals surface area contributed by atoms with E-state index in [0.717, 1.165) is 0 Å². The minimum absolute atomic E-state index is 0. The first-order valence-corrected chi connectivity index (χ1v) is 5.10. The Kier molecular flexibility index (Phi) is 3.83. The zero-order valence-electron chi connectivity index (χ0n) is 9.59. The molecule has 0 amide bonds. The molecule has 3 aromatic rings. The second kappa shape index (κ2) is 5.35. The topological polar surface area (TPSA) is 53.5 Å². The van der Waals surface area contributed by atoms with E-state index in [0.29, 0.717) is 0 Å². The number of hydrogen-bond acceptors (Lipinski definition) is 3. The standard InChI is InChI=1S/C9H10BN6.Na/c1-4-11-14(7-1)10(15-8-2-5-12-15)16-9-3-6-13-16;/h1-10H;/q-1;+1. The fourth-order valence-corrected chi connectivity index (χ4v) is 1.85. The Balaban J connectivity index is 0.00000108. The Morgan fingerprint density at radius 3 is 1.24 bits per heavy atom. The van der Waals surface area contributed by atoms with Crippen molar-refractivity contribution in [3.63, 3.8) is 0 Å². The van der Waals surface area contributed by atoms with Crippen LogP contribution in [0.15, 0.2) is 55.4 Å². The molecule has 0 atom stereocenters. The van der Waals surface area contributed by atoms with Gasteiger partial charge in [0.15, 0.2) is 0 Å². The maximum atomic E-state index is 4.26. The summed E-state index contributed by atoms with van der Waals surface area (Å²) in [5, 5.41) is 12.8. The van der Waals surface area contributed by atoms with E-state index in [2.05, 4.69) is 15.3 Å². The number of aromatic nitrogens is 6. The Hall–Kier alpha value is -1.31. The van der Waals surface area contributed by atoms with Crippen LogP contribution in [-0.2, 0) is 0 Å². The molecule has 0 spiro atoms. The average molecular weight is 236 g/mol. The molecule has 0 saturated heterocycles. The van der Waals surface area contributed by atoms with Crippen molar-refractivity contribution in [2.24, 2.45) is 0 Å². The summed E-state index contributed by atoms with van der Waals surface area (Å²) in [6, 6.07) is 5.69. The summed E-state index contributed by atoms with van der Waals surface area (Å²) in [4.78, 5) is 0. The predicted molar refractivity (Wildman–Crippen MR) is 60.0 cm³/mol. The zero-order chi connectivity index (χ0) is 10.8. The minimum atomic E-state index is -1.12. The second-order valence-electron chi connectivity index (χ2n) is 3.56. The second-order valence-corrected chi connectivity index (χ2v) is 3.56. The van der Waals surface area contributed by atoms with E-state index in [1.54, 1.807) is 18.6 Å². The molecule has 0 aliphatic carbocycles. The summed E-state index contributed by atoms with van der Waals surface area (Å²) >= 11 is 0. The van der Waals surface area contributed by atoms with Gasteiger partial charge in [-0.15, -0.1) is 0 Å². The largest absolute Gasteiger partial charge is 1.00 e. The van der Waals surface area contributed by atoms with Crippen LogP contribution >= 0.6 is 0 Å². The van der Waals surface area contributed by atoms with E-state index in [9.17, 15) is 0 Å². The Morgan fingerprint density at radius 2 is 1.00 bits per heavy atom. The quantitative estimate of drug-likeness (QED) is 0.454. The van der Waals surface area contributed by atoms with E-state index in [-0.39, 0.29) is 29.6 Å². The molecule has 3 aromatic heterocycles. The van der Waals surface area contributed by atoms with Crippen LogP contribution in [0.1, 0.15) is 0 Å². The van der Waals surface area contributed by atoms with E-state index < -0.39 is 7.12 Å². The van der Waals surface area contributed by atoms with Gasteiger partial charge in [-0.25, -0.2) is 15.3 Å². The van der Waals surface area contributed by atoms with E-state index in [1.807, 2.05) is 50.6 Å². The molecule has 0 aromatic carbocycles. The molecule has 8 heteroatoms. The first-order valence-electron chi connectivity index (χ1n) is 5.10. The van der Waals surface area contributed by atoms with Crippen LogP contribution in [0.25, 0.3) is 0 Å². The smallest absolute Gasteiger partial charge is 0.403 e. The molecule has 0 aliphatic heterocycles. The normalized spacial score (nSPS) is 10.4. The predicted octanol–water partition coefficient (Wildman–Crippen LogP) is -3.06. The van der Waals surface area contributed by atoms with Gasteiger partial charge in [0.05, 0.1) is 0 Å². The van der Waals surface area contributed by atoms with Crippen LogP contribution in [0, 0.1) is 0 Å². The van der Waals surface area contributed by atoms with Gasteiger partial charge in [-0.3, -0.25) is 0 Å². The molecule has 0 fully saturated rings. The summed E-state index contributed by atoms with van der Waals surface area (Å²) in [6.45, 7) is 0. The van der Waals surface area contributed by atoms with Gasteiger partial charge in [-0.2, -0.15) is 0 Å². The molecule has 0 radical (unpaired) electrons. The molecular formula is C9H10BN6Na. The van der Waals surface area contributed by atoms with Crippen LogP contribution in [0.2, 0.25) is 0 Å². The molecule has 0 bridgehead atoms. The third-order valence-corrected chi connectivity index (χ3v) is 2.55. The number of nitrogens with zero attached hydrogens (tertiary/aromatic N) is 6. The molecule has 3 heterocycles. The van der Waals surface area contributed by atoms with Gasteiger partial charge in [0.1, 0.15) is 0 Å². The number of rotatable bonds is 3. The fraction of sp³-hybridized carbons (Fsp3) is 0. The van der Waals surface area contributed by atoms with E-state index in [1.165, 1.54) is 0 Å². The molecule has 17 heavy (non-hydrogen) atoms. The van der Waals surface area contributed by atoms with Gasteiger partial charge in [-0.1, -0.05) is 0 Å². The van der Waals surface area contributed by atoms with Crippen molar-refractivity contribution >= 4 is 7.12 Å². The Morgan fingerprint density at radius 1 is 0.647 bits per heavy atom. The summed E-state index contributed by atoms with van der Waals surface area (Å²) in [5.74, 6) is 0. The van der Waals surface area contributed by atoms with Gasteiger partial charge in [0.25, 0.3) is 0 Å². The van der Waals surface area contributed by atoms with Crippen molar-refractivity contribution in [3.8, 4) is 0 Å². The Bertz CT molecular complexity index is 451. The van der Waals surface area contributed by atoms with Gasteiger partial charge >= 0.3 is 36.7 Å². The Labute approximate surface area is 121 Å². The summed E-state index contributed by atoms with van der Waals surface area (Å²) in [5.41, 5.74) is 0. The minimum Gasteiger partial charge on any atom is -0.403 e. The van der Waals surface area contributed by atoms with Gasteiger partial charge in [-0.05, 0) is 36.8 Å². The van der Waals surface area contributed by atoms with E-state index in [4.69, 9.17) is 0 Å². The third kappa shape index (κ3) is 2.36. The fourth-order valence-electron chi connectivity index (χ4n) is 1.85. The van der Waals surface area contributed by atoms with Crippen molar-refractivity contribution in [3.05, 3.63) is 55.4 Å². The zero-order valence-corrected chi connectivity index (χ0v) is 11.6. The molecule has 0 saturated carbocycles. The molecular weight excluding hydrogens is 226 g/mol. The van der Waals surface area contributed by atoms with Crippen molar-refractivity contribution in [1.82, 2.24) is 29.1 Å². The molecule has 0 unspecified atom stereocenters. The van der Waals surface area contributed by atoms with Crippen molar-refractivity contribution in [2.75, 3.05) is 0 Å². The molecule has 80 valence electrons. The van der Waals surface area contributed by atoms with Crippen LogP contribution in [0.4, 0.5) is 0 Å². The van der Waals surface area contributed by atoms with E-state index >= 15 is 0 Å². The molecule has 3 rings (SSSR count). The van der Waals surface area contributed by atoms with Gasteiger partial charge < -0.3 is 13.8 Å². The van der Waals surface area contributed by atoms with Crippen LogP contribution in [-0.4, -0.2) is 36.2 Å². The first-order chi connectivity index (χ1) is 7.95. The summed E-state index contributed by atoms with van der Waals surface area (Å²) < 4.78 is 5.62. The van der Waals surface area contributed by atoms with Gasteiger partial charge in [0, 0.05) is 18.6 Å². The first kappa shape index (κ1) is 12.2. The molecule has 0 aliphatic rings. The van der Waals surface area contributed by atoms with Crippen LogP contribution in [0.5, 0.6) is 0 Å². The van der Waals surface area contributed by atoms with Crippen LogP contribution in [0.3, 0.4) is 0 Å². The van der Waals surface area contributed by atoms with Gasteiger partial charge in [0.2, 0.25) is 0 Å². The maximum absolute atomic E-state index is 4.26. The van der Waals surface area contributed by atoms with Crippen molar-refractivity contribution in [2.45, 2.75) is 0 Å².